The second-order valence-electron chi connectivity index (χ2n) is 7.97. The minimum Gasteiger partial charge on any atom is -0.496 e. The molecule has 4 heterocycles. The van der Waals surface area contributed by atoms with E-state index < -0.39 is 5.82 Å². The lowest BCUT2D eigenvalue weighted by atomic mass is 10.0. The number of carbonyl (C=O) groups is 1. The maximum Gasteiger partial charge on any atom is 0.260 e. The fraction of sp³-hybridized carbons (Fsp3) is 0.292. The second-order valence-corrected chi connectivity index (χ2v) is 7.97. The van der Waals surface area contributed by atoms with Crippen molar-refractivity contribution >= 4 is 17.5 Å². The van der Waals surface area contributed by atoms with Gasteiger partial charge in [0.05, 0.1) is 24.9 Å². The molecule has 1 amide bonds. The second kappa shape index (κ2) is 8.20. The van der Waals surface area contributed by atoms with Crippen LogP contribution < -0.4 is 19.9 Å². The number of hydrogen-bond donors (Lipinski definition) is 1. The van der Waals surface area contributed by atoms with Crippen LogP contribution in [-0.4, -0.2) is 49.2 Å². The number of likely N-dealkylation sites (N-methyl/N-ethyl adjacent to an activating group) is 1. The molecule has 0 saturated carbocycles. The summed E-state index contributed by atoms with van der Waals surface area (Å²) in [6.07, 6.45) is 2.59. The van der Waals surface area contributed by atoms with Gasteiger partial charge in [0, 0.05) is 36.5 Å². The molecule has 2 aliphatic rings. The standard InChI is InChI=1S/C24H24FN5O2/c1-26-15-10-12-29(13-15)20-7-4-8-21(28-20)30-14-17-16(24(30)31)9-11-27-23(17)22-18(25)5-3-6-19(22)32-2/h3-9,11,15,26H,10,12-14H2,1-2H3. The molecule has 1 fully saturated rings. The average molecular weight is 433 g/mol. The van der Waals surface area contributed by atoms with Crippen molar-refractivity contribution in [3.05, 3.63) is 65.6 Å². The summed E-state index contributed by atoms with van der Waals surface area (Å²) in [7, 11) is 3.46. The molecule has 1 atom stereocenters. The first-order chi connectivity index (χ1) is 15.6. The molecule has 32 heavy (non-hydrogen) atoms. The third-order valence-electron chi connectivity index (χ3n) is 6.20. The molecule has 2 aromatic heterocycles. The van der Waals surface area contributed by atoms with E-state index >= 15 is 0 Å². The number of aromatic nitrogens is 2. The zero-order valence-corrected chi connectivity index (χ0v) is 18.0. The molecule has 1 unspecified atom stereocenters. The third-order valence-corrected chi connectivity index (χ3v) is 6.20. The van der Waals surface area contributed by atoms with Gasteiger partial charge in [-0.05, 0) is 43.8 Å². The van der Waals surface area contributed by atoms with Gasteiger partial charge in [0.2, 0.25) is 0 Å². The Labute approximate surface area is 185 Å². The summed E-state index contributed by atoms with van der Waals surface area (Å²) < 4.78 is 20.1. The lowest BCUT2D eigenvalue weighted by Gasteiger charge is -2.21. The molecular formula is C24H24FN5O2. The van der Waals surface area contributed by atoms with Gasteiger partial charge < -0.3 is 15.0 Å². The number of fused-ring (bicyclic) bond motifs is 1. The Bertz CT molecular complexity index is 1180. The maximum absolute atomic E-state index is 14.8. The van der Waals surface area contributed by atoms with Crippen LogP contribution in [0, 0.1) is 5.82 Å². The van der Waals surface area contributed by atoms with Crippen molar-refractivity contribution in [2.24, 2.45) is 0 Å². The Morgan fingerprint density at radius 1 is 1.16 bits per heavy atom. The highest BCUT2D eigenvalue weighted by atomic mass is 19.1. The summed E-state index contributed by atoms with van der Waals surface area (Å²) in [6, 6.07) is 12.5. The smallest absolute Gasteiger partial charge is 0.260 e. The van der Waals surface area contributed by atoms with Gasteiger partial charge in [0.1, 0.15) is 23.2 Å². The number of nitrogens with one attached hydrogen (secondary N) is 1. The van der Waals surface area contributed by atoms with Gasteiger partial charge in [-0.1, -0.05) is 12.1 Å². The molecule has 5 rings (SSSR count). The highest BCUT2D eigenvalue weighted by molar-refractivity contribution is 6.10. The topological polar surface area (TPSA) is 70.6 Å². The van der Waals surface area contributed by atoms with Gasteiger partial charge in [-0.25, -0.2) is 9.37 Å². The van der Waals surface area contributed by atoms with Gasteiger partial charge >= 0.3 is 0 Å². The predicted octanol–water partition coefficient (Wildman–Crippen LogP) is 3.25. The van der Waals surface area contributed by atoms with Crippen LogP contribution in [0.1, 0.15) is 22.3 Å². The van der Waals surface area contributed by atoms with E-state index in [0.29, 0.717) is 34.4 Å². The summed E-state index contributed by atoms with van der Waals surface area (Å²) in [5, 5.41) is 3.31. The normalized spacial score (nSPS) is 17.7. The summed E-state index contributed by atoms with van der Waals surface area (Å²) in [6.45, 7) is 2.06. The van der Waals surface area contributed by atoms with Crippen molar-refractivity contribution in [2.45, 2.75) is 19.0 Å². The first-order valence-corrected chi connectivity index (χ1v) is 10.6. The highest BCUT2D eigenvalue weighted by Crippen LogP contribution is 2.38. The van der Waals surface area contributed by atoms with E-state index in [9.17, 15) is 9.18 Å². The molecular weight excluding hydrogens is 409 g/mol. The molecule has 0 spiro atoms. The molecule has 3 aromatic rings. The average Bonchev–Trinajstić information content (AvgIpc) is 3.44. The van der Waals surface area contributed by atoms with Crippen molar-refractivity contribution in [3.8, 4) is 17.0 Å². The van der Waals surface area contributed by atoms with Crippen molar-refractivity contribution in [2.75, 3.05) is 37.0 Å². The van der Waals surface area contributed by atoms with Crippen LogP contribution in [-0.2, 0) is 6.54 Å². The molecule has 0 radical (unpaired) electrons. The van der Waals surface area contributed by atoms with E-state index in [4.69, 9.17) is 9.72 Å². The van der Waals surface area contributed by atoms with Gasteiger partial charge in [-0.2, -0.15) is 0 Å². The number of anilines is 2. The van der Waals surface area contributed by atoms with Gasteiger partial charge in [0.25, 0.3) is 5.91 Å². The van der Waals surface area contributed by atoms with Crippen LogP contribution in [0.3, 0.4) is 0 Å². The monoisotopic (exact) mass is 433 g/mol. The van der Waals surface area contributed by atoms with Crippen molar-refractivity contribution in [3.63, 3.8) is 0 Å². The quantitative estimate of drug-likeness (QED) is 0.666. The van der Waals surface area contributed by atoms with Gasteiger partial charge in [-0.3, -0.25) is 14.7 Å². The van der Waals surface area contributed by atoms with E-state index in [2.05, 4.69) is 15.2 Å². The van der Waals surface area contributed by atoms with Crippen LogP contribution in [0.5, 0.6) is 5.75 Å². The largest absolute Gasteiger partial charge is 0.496 e. The number of amides is 1. The molecule has 7 nitrogen and oxygen atoms in total. The number of ether oxygens (including phenoxy) is 1. The SMILES string of the molecule is CNC1CCN(c2cccc(N3Cc4c(ccnc4-c4c(F)cccc4OC)C3=O)n2)C1. The van der Waals surface area contributed by atoms with E-state index in [0.717, 1.165) is 25.3 Å². The maximum atomic E-state index is 14.8. The number of nitrogens with zero attached hydrogens (tertiary/aromatic N) is 4. The first-order valence-electron chi connectivity index (χ1n) is 10.6. The summed E-state index contributed by atoms with van der Waals surface area (Å²) in [5.41, 5.74) is 1.85. The lowest BCUT2D eigenvalue weighted by Crippen LogP contribution is -2.30. The van der Waals surface area contributed by atoms with E-state index in [1.54, 1.807) is 23.1 Å². The number of methoxy groups -OCH3 is 1. The number of rotatable bonds is 5. The molecule has 1 N–H and O–H groups in total. The zero-order chi connectivity index (χ0) is 22.2. The van der Waals surface area contributed by atoms with Crippen molar-refractivity contribution < 1.29 is 13.9 Å². The predicted molar refractivity (Wildman–Crippen MR) is 121 cm³/mol. The number of hydrogen-bond acceptors (Lipinski definition) is 6. The molecule has 164 valence electrons. The first kappa shape index (κ1) is 20.4. The molecule has 8 heteroatoms. The fourth-order valence-corrected chi connectivity index (χ4v) is 4.48. The van der Waals surface area contributed by atoms with E-state index in [1.807, 2.05) is 25.2 Å². The van der Waals surface area contributed by atoms with Crippen LogP contribution in [0.15, 0.2) is 48.7 Å². The van der Waals surface area contributed by atoms with Gasteiger partial charge in [-0.15, -0.1) is 0 Å². The van der Waals surface area contributed by atoms with Crippen LogP contribution in [0.4, 0.5) is 16.0 Å². The van der Waals surface area contributed by atoms with E-state index in [-0.39, 0.29) is 18.0 Å². The third kappa shape index (κ3) is 3.36. The number of carbonyl (C=O) groups excluding carboxylic acids is 1. The summed E-state index contributed by atoms with van der Waals surface area (Å²) >= 11 is 0. The Morgan fingerprint density at radius 2 is 1.97 bits per heavy atom. The van der Waals surface area contributed by atoms with Crippen molar-refractivity contribution in [1.82, 2.24) is 15.3 Å². The van der Waals surface area contributed by atoms with Crippen molar-refractivity contribution in [1.29, 1.82) is 0 Å². The van der Waals surface area contributed by atoms with Gasteiger partial charge in [0.15, 0.2) is 0 Å². The Morgan fingerprint density at radius 3 is 2.75 bits per heavy atom. The molecule has 1 saturated heterocycles. The minimum absolute atomic E-state index is 0.168. The zero-order valence-electron chi connectivity index (χ0n) is 18.0. The number of benzene rings is 1. The summed E-state index contributed by atoms with van der Waals surface area (Å²) in [5.74, 6) is 1.19. The molecule has 2 aliphatic heterocycles. The molecule has 1 aromatic carbocycles. The number of pyridine rings is 2. The Balaban J connectivity index is 1.50. The number of halogens is 1. The van der Waals surface area contributed by atoms with E-state index in [1.165, 1.54) is 19.4 Å². The highest BCUT2D eigenvalue weighted by Gasteiger charge is 2.34. The Hall–Kier alpha value is -3.52. The summed E-state index contributed by atoms with van der Waals surface area (Å²) in [4.78, 5) is 26.3. The Kier molecular flexibility index (Phi) is 5.22. The fourth-order valence-electron chi connectivity index (χ4n) is 4.48. The lowest BCUT2D eigenvalue weighted by molar-refractivity contribution is 0.0996. The molecule has 0 aliphatic carbocycles. The minimum atomic E-state index is -0.440. The molecule has 0 bridgehead atoms. The van der Waals surface area contributed by atoms with Crippen LogP contribution >= 0.6 is 0 Å². The van der Waals surface area contributed by atoms with Crippen LogP contribution in [0.2, 0.25) is 0 Å². The van der Waals surface area contributed by atoms with Crippen LogP contribution in [0.25, 0.3) is 11.3 Å².